The van der Waals surface area contributed by atoms with Crippen LogP contribution in [0.4, 0.5) is 0 Å². The zero-order valence-corrected chi connectivity index (χ0v) is 20.8. The molecule has 0 aliphatic carbocycles. The third kappa shape index (κ3) is 7.70. The Bertz CT molecular complexity index is 804. The van der Waals surface area contributed by atoms with Gasteiger partial charge in [0.1, 0.15) is 0 Å². The topological polar surface area (TPSA) is 38.5 Å². The van der Waals surface area contributed by atoms with Crippen molar-refractivity contribution in [3.05, 3.63) is 56.8 Å². The van der Waals surface area contributed by atoms with E-state index in [0.29, 0.717) is 10.2 Å². The van der Waals surface area contributed by atoms with Crippen molar-refractivity contribution in [2.45, 2.75) is 74.5 Å². The van der Waals surface area contributed by atoms with Crippen LogP contribution in [-0.2, 0) is 9.84 Å². The van der Waals surface area contributed by atoms with Crippen molar-refractivity contribution in [2.75, 3.05) is 0 Å². The number of rotatable bonds is 10. The van der Waals surface area contributed by atoms with E-state index in [9.17, 15) is 8.42 Å². The van der Waals surface area contributed by atoms with Crippen molar-refractivity contribution < 1.29 is 8.42 Å². The fourth-order valence-corrected chi connectivity index (χ4v) is 6.75. The molecule has 0 bridgehead atoms. The maximum atomic E-state index is 13.3. The van der Waals surface area contributed by atoms with Gasteiger partial charge in [-0.05, 0) is 19.1 Å². The molecule has 1 unspecified atom stereocenters. The molecule has 0 aromatic heterocycles. The summed E-state index contributed by atoms with van der Waals surface area (Å²) < 4.78 is 26.6. The van der Waals surface area contributed by atoms with E-state index in [0.717, 1.165) is 10.5 Å². The highest BCUT2D eigenvalue weighted by Crippen LogP contribution is 2.42. The fourth-order valence-electron chi connectivity index (χ4n) is 2.14. The van der Waals surface area contributed by atoms with Crippen LogP contribution >= 0.6 is 35.3 Å². The number of hydrogen-bond donors (Lipinski definition) is 0. The van der Waals surface area contributed by atoms with Gasteiger partial charge in [-0.25, -0.2) is 15.0 Å². The number of benzene rings is 1. The lowest BCUT2D eigenvalue weighted by molar-refractivity contribution is 0.593. The van der Waals surface area contributed by atoms with Crippen molar-refractivity contribution in [2.24, 2.45) is 0 Å². The van der Waals surface area contributed by atoms with Gasteiger partial charge >= 0.3 is 5.37 Å². The average Bonchev–Trinajstić information content (AvgIpc) is 2.57. The van der Waals surface area contributed by atoms with E-state index in [1.54, 1.807) is 36.0 Å². The third-order valence-corrected chi connectivity index (χ3v) is 8.55. The molecule has 2 radical (unpaired) electrons. The molecule has 1 atom stereocenters. The second kappa shape index (κ2) is 11.6. The van der Waals surface area contributed by atoms with Crippen molar-refractivity contribution in [3.63, 3.8) is 0 Å². The number of thioether (sulfide) groups is 3. The fraction of sp³-hybridized carbons (Fsp3) is 0.524. The SMILES string of the molecule is [C-]#[N+]C(/C(SC(C)C)=C(\[C]SC(C)C)SC(C)C)S(=O)(=O)c1ccc(C)cc1. The molecule has 3 nitrogen and oxygen atoms in total. The molecule has 7 heteroatoms. The second-order valence-electron chi connectivity index (χ2n) is 7.13. The van der Waals surface area contributed by atoms with E-state index in [1.807, 2.05) is 20.8 Å². The van der Waals surface area contributed by atoms with Crippen LogP contribution in [0.1, 0.15) is 47.1 Å². The predicted octanol–water partition coefficient (Wildman–Crippen LogP) is 6.69. The first-order chi connectivity index (χ1) is 13.0. The summed E-state index contributed by atoms with van der Waals surface area (Å²) in [7, 11) is -3.83. The summed E-state index contributed by atoms with van der Waals surface area (Å²) in [6, 6.07) is 6.71. The first-order valence-corrected chi connectivity index (χ1v) is 13.3. The first kappa shape index (κ1) is 25.5. The van der Waals surface area contributed by atoms with E-state index in [1.165, 1.54) is 23.5 Å². The van der Waals surface area contributed by atoms with E-state index in [2.05, 4.69) is 38.3 Å². The van der Waals surface area contributed by atoms with Crippen LogP contribution < -0.4 is 0 Å². The van der Waals surface area contributed by atoms with Crippen LogP contribution in [-0.4, -0.2) is 29.5 Å². The molecule has 0 saturated carbocycles. The second-order valence-corrected chi connectivity index (χ2v) is 13.7. The quantitative estimate of drug-likeness (QED) is 0.367. The Labute approximate surface area is 184 Å². The maximum Gasteiger partial charge on any atom is 0.356 e. The number of hydrogen-bond acceptors (Lipinski definition) is 5. The highest BCUT2D eigenvalue weighted by molar-refractivity contribution is 8.10. The Morgan fingerprint density at radius 3 is 1.93 bits per heavy atom. The lowest BCUT2D eigenvalue weighted by Gasteiger charge is -2.19. The van der Waals surface area contributed by atoms with Crippen LogP contribution in [0.15, 0.2) is 39.0 Å². The normalized spacial score (nSPS) is 14.3. The highest BCUT2D eigenvalue weighted by atomic mass is 32.2. The summed E-state index contributed by atoms with van der Waals surface area (Å²) in [6.45, 7) is 21.9. The summed E-state index contributed by atoms with van der Waals surface area (Å²) in [5.74, 6) is 3.33. The van der Waals surface area contributed by atoms with E-state index in [-0.39, 0.29) is 15.4 Å². The number of aryl methyl sites for hydroxylation is 1. The predicted molar refractivity (Wildman–Crippen MR) is 127 cm³/mol. The molecule has 1 aromatic carbocycles. The largest absolute Gasteiger partial charge is 0.356 e. The Balaban J connectivity index is 3.54. The van der Waals surface area contributed by atoms with Crippen LogP contribution in [0.2, 0.25) is 0 Å². The van der Waals surface area contributed by atoms with Gasteiger partial charge < -0.3 is 0 Å². The Hall–Kier alpha value is -0.550. The van der Waals surface area contributed by atoms with Gasteiger partial charge in [0.25, 0.3) is 9.84 Å². The van der Waals surface area contributed by atoms with Gasteiger partial charge in [-0.2, -0.15) is 0 Å². The summed E-state index contributed by atoms with van der Waals surface area (Å²) in [5, 5.41) is -0.523. The molecule has 0 N–H and O–H groups in total. The molecule has 1 aromatic rings. The Morgan fingerprint density at radius 2 is 1.50 bits per heavy atom. The standard InChI is InChI=1S/C21H29NO2S4/c1-14(2)25-13-19(26-15(3)4)20(27-16(5)6)21(22-8)28(23,24)18-11-9-17(7)10-12-18/h9-12,14-16,21H,1-7H3/b20-19-. The van der Waals surface area contributed by atoms with Crippen LogP contribution in [0.3, 0.4) is 0 Å². The molecular weight excluding hydrogens is 427 g/mol. The van der Waals surface area contributed by atoms with Crippen molar-refractivity contribution >= 4 is 45.1 Å². The molecule has 0 fully saturated rings. The van der Waals surface area contributed by atoms with Gasteiger partial charge in [-0.15, -0.1) is 35.3 Å². The minimum absolute atomic E-state index is 0.154. The lowest BCUT2D eigenvalue weighted by atomic mass is 10.2. The molecule has 0 aliphatic rings. The molecule has 0 spiro atoms. The molecule has 0 aliphatic heterocycles. The van der Waals surface area contributed by atoms with Crippen LogP contribution in [0.25, 0.3) is 4.85 Å². The molecule has 0 amide bonds. The van der Waals surface area contributed by atoms with Crippen LogP contribution in [0, 0.1) is 19.2 Å². The molecule has 154 valence electrons. The average molecular weight is 456 g/mol. The molecule has 1 rings (SSSR count). The highest BCUT2D eigenvalue weighted by Gasteiger charge is 2.39. The lowest BCUT2D eigenvalue weighted by Crippen LogP contribution is -2.21. The van der Waals surface area contributed by atoms with Gasteiger partial charge in [-0.1, -0.05) is 59.2 Å². The zero-order valence-electron chi connectivity index (χ0n) is 17.5. The van der Waals surface area contributed by atoms with Crippen LogP contribution in [0.5, 0.6) is 0 Å². The molecule has 0 saturated heterocycles. The minimum atomic E-state index is -3.83. The third-order valence-electron chi connectivity index (χ3n) is 3.31. The Kier molecular flexibility index (Phi) is 10.5. The van der Waals surface area contributed by atoms with E-state index >= 15 is 0 Å². The monoisotopic (exact) mass is 455 g/mol. The van der Waals surface area contributed by atoms with E-state index in [4.69, 9.17) is 6.57 Å². The summed E-state index contributed by atoms with van der Waals surface area (Å²) >= 11 is 4.55. The van der Waals surface area contributed by atoms with Crippen molar-refractivity contribution in [1.82, 2.24) is 0 Å². The number of sulfone groups is 1. The smallest absolute Gasteiger partial charge is 0.290 e. The summed E-state index contributed by atoms with van der Waals surface area (Å²) in [4.78, 5) is 5.12. The van der Waals surface area contributed by atoms with Gasteiger partial charge in [0.2, 0.25) is 0 Å². The maximum absolute atomic E-state index is 13.3. The molecular formula is C21H29NO2S4. The minimum Gasteiger partial charge on any atom is -0.290 e. The van der Waals surface area contributed by atoms with E-state index < -0.39 is 15.2 Å². The summed E-state index contributed by atoms with van der Waals surface area (Å²) in [5.41, 5.74) is 0.983. The molecule has 0 heterocycles. The zero-order chi connectivity index (χ0) is 21.5. The van der Waals surface area contributed by atoms with Crippen molar-refractivity contribution in [3.8, 4) is 0 Å². The Morgan fingerprint density at radius 1 is 0.964 bits per heavy atom. The number of nitrogens with zero attached hydrogens (tertiary/aromatic N) is 1. The van der Waals surface area contributed by atoms with Gasteiger partial charge in [0.05, 0.1) is 15.6 Å². The van der Waals surface area contributed by atoms with Gasteiger partial charge in [0, 0.05) is 20.7 Å². The van der Waals surface area contributed by atoms with Gasteiger partial charge in [0.15, 0.2) is 0 Å². The molecule has 28 heavy (non-hydrogen) atoms. The summed E-state index contributed by atoms with van der Waals surface area (Å²) in [6.07, 6.45) is 0. The first-order valence-electron chi connectivity index (χ1n) is 9.15. The van der Waals surface area contributed by atoms with Gasteiger partial charge in [-0.3, -0.25) is 4.85 Å². The van der Waals surface area contributed by atoms with Crippen molar-refractivity contribution in [1.29, 1.82) is 0 Å².